The van der Waals surface area contributed by atoms with Crippen LogP contribution in [0.2, 0.25) is 0 Å². The van der Waals surface area contributed by atoms with Crippen LogP contribution in [0, 0.1) is 5.92 Å². The van der Waals surface area contributed by atoms with Crippen molar-refractivity contribution in [1.82, 2.24) is 9.80 Å². The Kier molecular flexibility index (Phi) is 8.74. The van der Waals surface area contributed by atoms with Crippen molar-refractivity contribution in [2.45, 2.75) is 32.1 Å². The number of benzene rings is 2. The van der Waals surface area contributed by atoms with E-state index in [0.717, 1.165) is 73.4 Å². The number of piperidine rings is 1. The molecule has 0 bridgehead atoms. The summed E-state index contributed by atoms with van der Waals surface area (Å²) in [7, 11) is 6.74. The van der Waals surface area contributed by atoms with Crippen LogP contribution in [-0.2, 0) is 19.3 Å². The van der Waals surface area contributed by atoms with Crippen LogP contribution in [0.5, 0.6) is 23.0 Å². The summed E-state index contributed by atoms with van der Waals surface area (Å²) in [6.07, 6.45) is 5.28. The summed E-state index contributed by atoms with van der Waals surface area (Å²) in [5.41, 5.74) is 3.85. The third kappa shape index (κ3) is 6.19. The quantitative estimate of drug-likeness (QED) is 0.475. The van der Waals surface area contributed by atoms with Crippen LogP contribution in [0.25, 0.3) is 0 Å². The Balaban J connectivity index is 1.33. The van der Waals surface area contributed by atoms with E-state index in [0.29, 0.717) is 5.92 Å². The largest absolute Gasteiger partial charge is 0.493 e. The van der Waals surface area contributed by atoms with Crippen molar-refractivity contribution in [2.24, 2.45) is 5.92 Å². The van der Waals surface area contributed by atoms with Gasteiger partial charge in [-0.25, -0.2) is 0 Å². The van der Waals surface area contributed by atoms with Gasteiger partial charge in [0, 0.05) is 32.6 Å². The Labute approximate surface area is 215 Å². The van der Waals surface area contributed by atoms with Gasteiger partial charge in [0.05, 0.1) is 33.4 Å². The standard InChI is InChI=1S/C28H38N2O4S/c1-31-24-8-7-20(14-25(24)32-2)9-12-29-11-5-6-21(18-29)19-30-13-10-22-15-26(33-3)27(34-4)16-23(22)17-28(30)35/h7-8,14-16,21H,5-6,9-13,17-19H2,1-4H3. The number of fused-ring (bicyclic) bond motifs is 1. The summed E-state index contributed by atoms with van der Waals surface area (Å²) in [5.74, 6) is 3.79. The Morgan fingerprint density at radius 1 is 0.857 bits per heavy atom. The second kappa shape index (κ2) is 12.0. The molecule has 0 aromatic heterocycles. The molecular weight excluding hydrogens is 460 g/mol. The molecule has 1 saturated heterocycles. The molecular formula is C28H38N2O4S. The van der Waals surface area contributed by atoms with E-state index in [2.05, 4.69) is 34.1 Å². The van der Waals surface area contributed by atoms with Gasteiger partial charge in [-0.3, -0.25) is 0 Å². The molecule has 2 aromatic rings. The van der Waals surface area contributed by atoms with Gasteiger partial charge >= 0.3 is 0 Å². The molecule has 7 heteroatoms. The number of ether oxygens (including phenoxy) is 4. The zero-order valence-electron chi connectivity index (χ0n) is 21.5. The van der Waals surface area contributed by atoms with E-state index in [9.17, 15) is 0 Å². The fourth-order valence-electron chi connectivity index (χ4n) is 5.35. The topological polar surface area (TPSA) is 43.4 Å². The minimum Gasteiger partial charge on any atom is -0.493 e. The number of rotatable bonds is 9. The first kappa shape index (κ1) is 25.6. The molecule has 2 aromatic carbocycles. The molecule has 2 aliphatic rings. The summed E-state index contributed by atoms with van der Waals surface area (Å²) in [4.78, 5) is 6.09. The average Bonchev–Trinajstić information content (AvgIpc) is 3.04. The minimum atomic E-state index is 0.636. The maximum absolute atomic E-state index is 5.91. The number of likely N-dealkylation sites (tertiary alicyclic amines) is 1. The van der Waals surface area contributed by atoms with Gasteiger partial charge in [0.15, 0.2) is 23.0 Å². The highest BCUT2D eigenvalue weighted by atomic mass is 32.1. The highest BCUT2D eigenvalue weighted by Crippen LogP contribution is 2.33. The van der Waals surface area contributed by atoms with Crippen molar-refractivity contribution in [3.8, 4) is 23.0 Å². The van der Waals surface area contributed by atoms with E-state index in [1.165, 1.54) is 36.1 Å². The van der Waals surface area contributed by atoms with E-state index < -0.39 is 0 Å². The molecule has 0 spiro atoms. The third-order valence-electron chi connectivity index (χ3n) is 7.30. The lowest BCUT2D eigenvalue weighted by molar-refractivity contribution is 0.157. The van der Waals surface area contributed by atoms with Gasteiger partial charge in [0.25, 0.3) is 0 Å². The van der Waals surface area contributed by atoms with E-state index in [4.69, 9.17) is 31.2 Å². The first-order valence-electron chi connectivity index (χ1n) is 12.5. The molecule has 1 fully saturated rings. The van der Waals surface area contributed by atoms with Gasteiger partial charge in [-0.05, 0) is 79.1 Å². The van der Waals surface area contributed by atoms with Crippen molar-refractivity contribution < 1.29 is 18.9 Å². The van der Waals surface area contributed by atoms with Crippen molar-refractivity contribution in [2.75, 3.05) is 61.2 Å². The number of hydrogen-bond acceptors (Lipinski definition) is 6. The summed E-state index contributed by atoms with van der Waals surface area (Å²) >= 11 is 5.91. The molecule has 2 heterocycles. The highest BCUT2D eigenvalue weighted by Gasteiger charge is 2.26. The zero-order chi connectivity index (χ0) is 24.8. The van der Waals surface area contributed by atoms with E-state index >= 15 is 0 Å². The summed E-state index contributed by atoms with van der Waals surface area (Å²) < 4.78 is 21.9. The van der Waals surface area contributed by atoms with Crippen molar-refractivity contribution in [1.29, 1.82) is 0 Å². The Bertz CT molecular complexity index is 1030. The normalized spacial score (nSPS) is 18.6. The Morgan fingerprint density at radius 3 is 2.26 bits per heavy atom. The van der Waals surface area contributed by atoms with Gasteiger partial charge in [0.2, 0.25) is 0 Å². The predicted octanol–water partition coefficient (Wildman–Crippen LogP) is 4.40. The number of hydrogen-bond donors (Lipinski definition) is 0. The second-order valence-electron chi connectivity index (χ2n) is 9.49. The molecule has 0 radical (unpaired) electrons. The fraction of sp³-hybridized carbons (Fsp3) is 0.536. The van der Waals surface area contributed by atoms with Crippen molar-refractivity contribution >= 4 is 17.2 Å². The molecule has 0 amide bonds. The van der Waals surface area contributed by atoms with Crippen LogP contribution >= 0.6 is 12.2 Å². The molecule has 0 aliphatic carbocycles. The van der Waals surface area contributed by atoms with Crippen LogP contribution in [0.1, 0.15) is 29.5 Å². The third-order valence-corrected chi connectivity index (χ3v) is 7.70. The SMILES string of the molecule is COc1ccc(CCN2CCCC(CN3CCc4cc(OC)c(OC)cc4CC3=S)C2)cc1OC. The molecule has 2 aliphatic heterocycles. The summed E-state index contributed by atoms with van der Waals surface area (Å²) in [6, 6.07) is 10.4. The Hall–Kier alpha value is -2.51. The van der Waals surface area contributed by atoms with Gasteiger partial charge in [-0.15, -0.1) is 0 Å². The van der Waals surface area contributed by atoms with Crippen LogP contribution < -0.4 is 18.9 Å². The molecule has 0 N–H and O–H groups in total. The van der Waals surface area contributed by atoms with E-state index in [1.54, 1.807) is 28.4 Å². The maximum Gasteiger partial charge on any atom is 0.161 e. The average molecular weight is 499 g/mol. The first-order valence-corrected chi connectivity index (χ1v) is 12.9. The Morgan fingerprint density at radius 2 is 1.54 bits per heavy atom. The van der Waals surface area contributed by atoms with E-state index in [-0.39, 0.29) is 0 Å². The highest BCUT2D eigenvalue weighted by molar-refractivity contribution is 7.80. The van der Waals surface area contributed by atoms with Crippen molar-refractivity contribution in [3.05, 3.63) is 47.0 Å². The van der Waals surface area contributed by atoms with E-state index in [1.807, 2.05) is 6.07 Å². The van der Waals surface area contributed by atoms with Crippen LogP contribution in [0.15, 0.2) is 30.3 Å². The molecule has 6 nitrogen and oxygen atoms in total. The monoisotopic (exact) mass is 498 g/mol. The van der Waals surface area contributed by atoms with Gasteiger partial charge < -0.3 is 28.7 Å². The van der Waals surface area contributed by atoms with Gasteiger partial charge in [-0.2, -0.15) is 0 Å². The number of methoxy groups -OCH3 is 4. The molecule has 1 unspecified atom stereocenters. The molecule has 4 rings (SSSR count). The van der Waals surface area contributed by atoms with Crippen LogP contribution in [0.4, 0.5) is 0 Å². The molecule has 190 valence electrons. The second-order valence-corrected chi connectivity index (χ2v) is 9.96. The lowest BCUT2D eigenvalue weighted by Crippen LogP contribution is -2.43. The summed E-state index contributed by atoms with van der Waals surface area (Å²) in [6.45, 7) is 5.35. The minimum absolute atomic E-state index is 0.636. The smallest absolute Gasteiger partial charge is 0.161 e. The van der Waals surface area contributed by atoms with Crippen LogP contribution in [0.3, 0.4) is 0 Å². The molecule has 35 heavy (non-hydrogen) atoms. The number of thiocarbonyl (C=S) groups is 1. The lowest BCUT2D eigenvalue weighted by Gasteiger charge is -2.36. The van der Waals surface area contributed by atoms with Crippen LogP contribution in [-0.4, -0.2) is 76.0 Å². The lowest BCUT2D eigenvalue weighted by atomic mass is 9.96. The molecule has 1 atom stereocenters. The fourth-order valence-corrected chi connectivity index (χ4v) is 5.67. The van der Waals surface area contributed by atoms with Gasteiger partial charge in [0.1, 0.15) is 0 Å². The van der Waals surface area contributed by atoms with Crippen molar-refractivity contribution in [3.63, 3.8) is 0 Å². The maximum atomic E-state index is 5.91. The molecule has 0 saturated carbocycles. The van der Waals surface area contributed by atoms with Gasteiger partial charge in [-0.1, -0.05) is 18.3 Å². The first-order chi connectivity index (χ1) is 17.0. The predicted molar refractivity (Wildman–Crippen MR) is 144 cm³/mol. The zero-order valence-corrected chi connectivity index (χ0v) is 22.3. The summed E-state index contributed by atoms with van der Waals surface area (Å²) in [5, 5.41) is 0. The number of nitrogens with zero attached hydrogens (tertiary/aromatic N) is 2.